The maximum Gasteiger partial charge on any atom is 0.140 e. The largest absolute Gasteiger partial charge is 0.375 e. The van der Waals surface area contributed by atoms with Gasteiger partial charge in [-0.05, 0) is 23.3 Å². The maximum absolute atomic E-state index is 5.76. The third kappa shape index (κ3) is 1.01. The smallest absolute Gasteiger partial charge is 0.140 e. The lowest BCUT2D eigenvalue weighted by Crippen LogP contribution is -2.46. The molecule has 0 unspecified atom stereocenters. The van der Waals surface area contributed by atoms with Crippen molar-refractivity contribution in [2.24, 2.45) is 0 Å². The molecule has 1 aromatic carbocycles. The van der Waals surface area contributed by atoms with E-state index < -0.39 is 0 Å². The van der Waals surface area contributed by atoms with E-state index >= 15 is 0 Å². The van der Waals surface area contributed by atoms with Crippen molar-refractivity contribution in [3.63, 3.8) is 0 Å². The summed E-state index contributed by atoms with van der Waals surface area (Å²) >= 11 is 3.46. The molecule has 3 rings (SSSR count). The molecular weight excluding hydrogens is 232 g/mol. The molecule has 1 aromatic rings. The highest BCUT2D eigenvalue weighted by molar-refractivity contribution is 9.10. The predicted octanol–water partition coefficient (Wildman–Crippen LogP) is 2.20. The Bertz CT molecular complexity index is 358. The zero-order valence-electron chi connectivity index (χ0n) is 7.05. The Hall–Kier alpha value is -0.380. The molecule has 1 spiro atoms. The number of halogens is 1. The fourth-order valence-electron chi connectivity index (χ4n) is 1.95. The van der Waals surface area contributed by atoms with E-state index in [2.05, 4.69) is 34.1 Å². The predicted molar refractivity (Wildman–Crippen MR) is 51.4 cm³/mol. The van der Waals surface area contributed by atoms with Crippen molar-refractivity contribution in [1.29, 1.82) is 0 Å². The third-order valence-corrected chi connectivity index (χ3v) is 3.23. The fourth-order valence-corrected chi connectivity index (χ4v) is 2.35. The molecule has 0 radical (unpaired) electrons. The second-order valence-corrected chi connectivity index (χ2v) is 4.49. The van der Waals surface area contributed by atoms with E-state index in [0.29, 0.717) is 13.2 Å². The van der Waals surface area contributed by atoms with E-state index in [4.69, 9.17) is 9.47 Å². The van der Waals surface area contributed by atoms with Crippen molar-refractivity contribution < 1.29 is 9.47 Å². The first-order valence-corrected chi connectivity index (χ1v) is 5.10. The Morgan fingerprint density at radius 3 is 2.85 bits per heavy atom. The van der Waals surface area contributed by atoms with Crippen molar-refractivity contribution in [1.82, 2.24) is 0 Å². The Labute approximate surface area is 85.0 Å². The maximum atomic E-state index is 5.76. The topological polar surface area (TPSA) is 18.5 Å². The van der Waals surface area contributed by atoms with Crippen LogP contribution in [-0.2, 0) is 21.7 Å². The summed E-state index contributed by atoms with van der Waals surface area (Å²) in [6.45, 7) is 2.14. The van der Waals surface area contributed by atoms with Gasteiger partial charge in [0.1, 0.15) is 5.60 Å². The van der Waals surface area contributed by atoms with Crippen molar-refractivity contribution in [2.45, 2.75) is 12.2 Å². The van der Waals surface area contributed by atoms with Crippen LogP contribution < -0.4 is 0 Å². The number of benzene rings is 1. The van der Waals surface area contributed by atoms with Crippen LogP contribution in [0.3, 0.4) is 0 Å². The number of hydrogen-bond donors (Lipinski definition) is 0. The highest BCUT2D eigenvalue weighted by atomic mass is 79.9. The number of rotatable bonds is 0. The summed E-state index contributed by atoms with van der Waals surface area (Å²) in [4.78, 5) is 0. The molecular formula is C10H9BrO2. The Morgan fingerprint density at radius 2 is 2.15 bits per heavy atom. The van der Waals surface area contributed by atoms with Crippen molar-refractivity contribution in [3.8, 4) is 0 Å². The van der Waals surface area contributed by atoms with Gasteiger partial charge in [0.15, 0.2) is 0 Å². The zero-order chi connectivity index (χ0) is 8.89. The standard InChI is InChI=1S/C10H9BrO2/c11-8-1-2-9-7(3-8)4-13-10(9)5-12-6-10/h1-3H,4-6H2. The van der Waals surface area contributed by atoms with Crippen molar-refractivity contribution in [2.75, 3.05) is 13.2 Å². The van der Waals surface area contributed by atoms with E-state index in [-0.39, 0.29) is 5.60 Å². The van der Waals surface area contributed by atoms with Crippen LogP contribution in [0.5, 0.6) is 0 Å². The summed E-state index contributed by atoms with van der Waals surface area (Å²) in [6.07, 6.45) is 0. The molecule has 1 fully saturated rings. The van der Waals surface area contributed by atoms with Gasteiger partial charge in [0, 0.05) is 4.47 Å². The van der Waals surface area contributed by atoms with Crippen LogP contribution in [0.1, 0.15) is 11.1 Å². The van der Waals surface area contributed by atoms with E-state index in [9.17, 15) is 0 Å². The second-order valence-electron chi connectivity index (χ2n) is 3.58. The average molecular weight is 241 g/mol. The molecule has 1 saturated heterocycles. The van der Waals surface area contributed by atoms with E-state index in [0.717, 1.165) is 11.1 Å². The van der Waals surface area contributed by atoms with Gasteiger partial charge in [-0.15, -0.1) is 0 Å². The van der Waals surface area contributed by atoms with Crippen LogP contribution in [0, 0.1) is 0 Å². The molecule has 0 atom stereocenters. The Balaban J connectivity index is 2.11. The van der Waals surface area contributed by atoms with Gasteiger partial charge in [-0.2, -0.15) is 0 Å². The normalized spacial score (nSPS) is 22.8. The summed E-state index contributed by atoms with van der Waals surface area (Å²) in [7, 11) is 0. The molecule has 0 bridgehead atoms. The summed E-state index contributed by atoms with van der Waals surface area (Å²) < 4.78 is 12.1. The van der Waals surface area contributed by atoms with Gasteiger partial charge >= 0.3 is 0 Å². The first-order valence-electron chi connectivity index (χ1n) is 4.31. The molecule has 13 heavy (non-hydrogen) atoms. The molecule has 3 heteroatoms. The Kier molecular flexibility index (Phi) is 1.57. The zero-order valence-corrected chi connectivity index (χ0v) is 8.63. The summed E-state index contributed by atoms with van der Waals surface area (Å²) in [5, 5.41) is 0. The van der Waals surface area contributed by atoms with Crippen molar-refractivity contribution in [3.05, 3.63) is 33.8 Å². The lowest BCUT2D eigenvalue weighted by Gasteiger charge is -2.37. The molecule has 2 nitrogen and oxygen atoms in total. The summed E-state index contributed by atoms with van der Waals surface area (Å²) in [5.41, 5.74) is 2.50. The summed E-state index contributed by atoms with van der Waals surface area (Å²) in [5.74, 6) is 0. The monoisotopic (exact) mass is 240 g/mol. The molecule has 0 aromatic heterocycles. The van der Waals surface area contributed by atoms with Crippen LogP contribution in [-0.4, -0.2) is 13.2 Å². The van der Waals surface area contributed by atoms with Crippen LogP contribution >= 0.6 is 15.9 Å². The lowest BCUT2D eigenvalue weighted by molar-refractivity contribution is -0.209. The minimum Gasteiger partial charge on any atom is -0.375 e. The molecule has 2 aliphatic rings. The van der Waals surface area contributed by atoms with Gasteiger partial charge in [0.05, 0.1) is 19.8 Å². The van der Waals surface area contributed by atoms with Gasteiger partial charge in [0.25, 0.3) is 0 Å². The number of fused-ring (bicyclic) bond motifs is 2. The molecule has 0 N–H and O–H groups in total. The minimum absolute atomic E-state index is 0.101. The van der Waals surface area contributed by atoms with Crippen LogP contribution in [0.2, 0.25) is 0 Å². The van der Waals surface area contributed by atoms with Crippen LogP contribution in [0.15, 0.2) is 22.7 Å². The molecule has 2 aliphatic heterocycles. The van der Waals surface area contributed by atoms with Crippen LogP contribution in [0.25, 0.3) is 0 Å². The highest BCUT2D eigenvalue weighted by Gasteiger charge is 2.46. The first-order chi connectivity index (χ1) is 6.30. The van der Waals surface area contributed by atoms with E-state index in [1.807, 2.05) is 0 Å². The molecule has 2 heterocycles. The fraction of sp³-hybridized carbons (Fsp3) is 0.400. The Morgan fingerprint density at radius 1 is 1.31 bits per heavy atom. The summed E-state index contributed by atoms with van der Waals surface area (Å²) in [6, 6.07) is 6.32. The highest BCUT2D eigenvalue weighted by Crippen LogP contribution is 2.42. The third-order valence-electron chi connectivity index (χ3n) is 2.73. The van der Waals surface area contributed by atoms with Crippen LogP contribution in [0.4, 0.5) is 0 Å². The number of hydrogen-bond acceptors (Lipinski definition) is 2. The minimum atomic E-state index is -0.101. The SMILES string of the molecule is Brc1ccc2c(c1)COC21COC1. The van der Waals surface area contributed by atoms with Crippen molar-refractivity contribution >= 4 is 15.9 Å². The molecule has 68 valence electrons. The van der Waals surface area contributed by atoms with E-state index in [1.165, 1.54) is 11.1 Å². The first kappa shape index (κ1) is 7.97. The second kappa shape index (κ2) is 2.56. The van der Waals surface area contributed by atoms with Gasteiger partial charge < -0.3 is 9.47 Å². The van der Waals surface area contributed by atoms with E-state index in [1.54, 1.807) is 0 Å². The molecule has 0 saturated carbocycles. The molecule has 0 amide bonds. The van der Waals surface area contributed by atoms with Gasteiger partial charge in [0.2, 0.25) is 0 Å². The van der Waals surface area contributed by atoms with Gasteiger partial charge in [-0.25, -0.2) is 0 Å². The quantitative estimate of drug-likeness (QED) is 0.693. The average Bonchev–Trinajstić information content (AvgIpc) is 2.41. The lowest BCUT2D eigenvalue weighted by atomic mass is 9.91. The van der Waals surface area contributed by atoms with Gasteiger partial charge in [-0.1, -0.05) is 22.0 Å². The van der Waals surface area contributed by atoms with Gasteiger partial charge in [-0.3, -0.25) is 0 Å². The molecule has 0 aliphatic carbocycles. The number of ether oxygens (including phenoxy) is 2.